The van der Waals surface area contributed by atoms with Crippen molar-refractivity contribution < 1.29 is 14.6 Å². The molecule has 104 valence electrons. The van der Waals surface area contributed by atoms with Crippen LogP contribution in [0.4, 0.5) is 0 Å². The van der Waals surface area contributed by atoms with Crippen molar-refractivity contribution in [3.8, 4) is 5.75 Å². The molecule has 0 saturated heterocycles. The Morgan fingerprint density at radius 1 is 1.30 bits per heavy atom. The average molecular weight is 272 g/mol. The molecular weight excluding hydrogens is 256 g/mol. The van der Waals surface area contributed by atoms with E-state index < -0.39 is 12.0 Å². The third-order valence-corrected chi connectivity index (χ3v) is 2.96. The summed E-state index contributed by atoms with van der Waals surface area (Å²) in [6.45, 7) is 0.442. The quantitative estimate of drug-likeness (QED) is 0.841. The summed E-state index contributed by atoms with van der Waals surface area (Å²) in [5.74, 6) is -0.384. The summed E-state index contributed by atoms with van der Waals surface area (Å²) in [6, 6.07) is 9.96. The number of ether oxygens (including phenoxy) is 1. The van der Waals surface area contributed by atoms with Crippen LogP contribution in [0.5, 0.6) is 5.75 Å². The normalized spacial score (nSPS) is 11.8. The Bertz CT molecular complexity index is 572. The Hall–Kier alpha value is -2.40. The monoisotopic (exact) mass is 272 g/mol. The molecule has 0 amide bonds. The third kappa shape index (κ3) is 3.33. The molecule has 0 bridgehead atoms. The van der Waals surface area contributed by atoms with E-state index in [2.05, 4.69) is 10.3 Å². The predicted octanol–water partition coefficient (Wildman–Crippen LogP) is 2.01. The van der Waals surface area contributed by atoms with E-state index in [0.717, 1.165) is 5.56 Å². The summed E-state index contributed by atoms with van der Waals surface area (Å²) in [6.07, 6.45) is 3.35. The topological polar surface area (TPSA) is 71.5 Å². The first-order valence-corrected chi connectivity index (χ1v) is 6.20. The van der Waals surface area contributed by atoms with Crippen molar-refractivity contribution in [3.63, 3.8) is 0 Å². The summed E-state index contributed by atoms with van der Waals surface area (Å²) in [5, 5.41) is 12.4. The van der Waals surface area contributed by atoms with Gasteiger partial charge >= 0.3 is 5.97 Å². The number of methoxy groups -OCH3 is 1. The summed E-state index contributed by atoms with van der Waals surface area (Å²) in [7, 11) is 1.53. The number of carbonyl (C=O) groups is 1. The number of pyridine rings is 1. The maximum atomic E-state index is 11.5. The van der Waals surface area contributed by atoms with Crippen LogP contribution in [-0.4, -0.2) is 23.2 Å². The van der Waals surface area contributed by atoms with Crippen molar-refractivity contribution in [3.05, 3.63) is 59.9 Å². The van der Waals surface area contributed by atoms with E-state index >= 15 is 0 Å². The van der Waals surface area contributed by atoms with E-state index in [1.54, 1.807) is 30.6 Å². The van der Waals surface area contributed by atoms with E-state index in [9.17, 15) is 9.90 Å². The van der Waals surface area contributed by atoms with E-state index in [4.69, 9.17) is 4.74 Å². The van der Waals surface area contributed by atoms with Crippen molar-refractivity contribution >= 4 is 5.97 Å². The number of nitrogens with zero attached hydrogens (tertiary/aromatic N) is 1. The van der Waals surface area contributed by atoms with Crippen LogP contribution in [0.15, 0.2) is 48.8 Å². The second-order valence-electron chi connectivity index (χ2n) is 4.25. The highest BCUT2D eigenvalue weighted by molar-refractivity contribution is 5.76. The largest absolute Gasteiger partial charge is 0.496 e. The van der Waals surface area contributed by atoms with Crippen LogP contribution in [0, 0.1) is 0 Å². The SMILES string of the molecule is COc1ccccc1C(NCc1ccncc1)C(=O)O. The lowest BCUT2D eigenvalue weighted by molar-refractivity contribution is -0.139. The predicted molar refractivity (Wildman–Crippen MR) is 74.4 cm³/mol. The van der Waals surface area contributed by atoms with Crippen LogP contribution >= 0.6 is 0 Å². The van der Waals surface area contributed by atoms with Gasteiger partial charge in [-0.05, 0) is 23.8 Å². The van der Waals surface area contributed by atoms with Gasteiger partial charge in [0.1, 0.15) is 11.8 Å². The molecule has 0 radical (unpaired) electrons. The van der Waals surface area contributed by atoms with Gasteiger partial charge in [0.2, 0.25) is 0 Å². The van der Waals surface area contributed by atoms with E-state index in [1.807, 2.05) is 18.2 Å². The number of rotatable bonds is 6. The molecule has 0 aliphatic heterocycles. The number of para-hydroxylation sites is 1. The van der Waals surface area contributed by atoms with Crippen LogP contribution in [-0.2, 0) is 11.3 Å². The second-order valence-corrected chi connectivity index (χ2v) is 4.25. The van der Waals surface area contributed by atoms with Gasteiger partial charge in [-0.15, -0.1) is 0 Å². The molecule has 0 aliphatic rings. The van der Waals surface area contributed by atoms with Gasteiger partial charge in [-0.2, -0.15) is 0 Å². The molecule has 0 aliphatic carbocycles. The molecule has 1 aromatic heterocycles. The molecule has 20 heavy (non-hydrogen) atoms. The standard InChI is InChI=1S/C15H16N2O3/c1-20-13-5-3-2-4-12(13)14(15(18)19)17-10-11-6-8-16-9-7-11/h2-9,14,17H,10H2,1H3,(H,18,19). The summed E-state index contributed by atoms with van der Waals surface area (Å²) < 4.78 is 5.22. The number of aliphatic carboxylic acids is 1. The van der Waals surface area contributed by atoms with Gasteiger partial charge in [-0.25, -0.2) is 0 Å². The fraction of sp³-hybridized carbons (Fsp3) is 0.200. The van der Waals surface area contributed by atoms with Crippen LogP contribution < -0.4 is 10.1 Å². The molecule has 2 aromatic rings. The molecule has 0 fully saturated rings. The summed E-state index contributed by atoms with van der Waals surface area (Å²) >= 11 is 0. The fourth-order valence-corrected chi connectivity index (χ4v) is 1.96. The Morgan fingerprint density at radius 2 is 2.00 bits per heavy atom. The maximum absolute atomic E-state index is 11.5. The number of carboxylic acids is 1. The maximum Gasteiger partial charge on any atom is 0.325 e. The molecule has 5 heteroatoms. The first-order chi connectivity index (χ1) is 9.72. The minimum atomic E-state index is -0.941. The number of aromatic nitrogens is 1. The van der Waals surface area contributed by atoms with Crippen molar-refractivity contribution in [2.24, 2.45) is 0 Å². The number of carboxylic acid groups (broad SMARTS) is 1. The fourth-order valence-electron chi connectivity index (χ4n) is 1.96. The molecule has 0 spiro atoms. The second kappa shape index (κ2) is 6.68. The summed E-state index contributed by atoms with van der Waals surface area (Å²) in [5.41, 5.74) is 1.58. The van der Waals surface area contributed by atoms with E-state index in [1.165, 1.54) is 7.11 Å². The van der Waals surface area contributed by atoms with E-state index in [0.29, 0.717) is 17.9 Å². The van der Waals surface area contributed by atoms with Crippen LogP contribution in [0.3, 0.4) is 0 Å². The molecule has 5 nitrogen and oxygen atoms in total. The van der Waals surface area contributed by atoms with Crippen LogP contribution in [0.2, 0.25) is 0 Å². The van der Waals surface area contributed by atoms with Gasteiger partial charge in [0.15, 0.2) is 0 Å². The van der Waals surface area contributed by atoms with Crippen molar-refractivity contribution in [1.82, 2.24) is 10.3 Å². The highest BCUT2D eigenvalue weighted by atomic mass is 16.5. The summed E-state index contributed by atoms with van der Waals surface area (Å²) in [4.78, 5) is 15.4. The number of nitrogens with one attached hydrogen (secondary N) is 1. The number of hydrogen-bond acceptors (Lipinski definition) is 4. The number of hydrogen-bond donors (Lipinski definition) is 2. The zero-order valence-electron chi connectivity index (χ0n) is 11.1. The van der Waals surface area contributed by atoms with Gasteiger partial charge < -0.3 is 9.84 Å². The molecule has 0 saturated carbocycles. The Balaban J connectivity index is 2.17. The van der Waals surface area contributed by atoms with Gasteiger partial charge in [0.05, 0.1) is 7.11 Å². The third-order valence-electron chi connectivity index (χ3n) is 2.96. The lowest BCUT2D eigenvalue weighted by Gasteiger charge is -2.17. The molecule has 1 atom stereocenters. The zero-order valence-corrected chi connectivity index (χ0v) is 11.1. The van der Waals surface area contributed by atoms with Gasteiger partial charge in [-0.1, -0.05) is 18.2 Å². The average Bonchev–Trinajstić information content (AvgIpc) is 2.48. The highest BCUT2D eigenvalue weighted by Gasteiger charge is 2.22. The zero-order chi connectivity index (χ0) is 14.4. The first kappa shape index (κ1) is 14.0. The molecule has 1 heterocycles. The van der Waals surface area contributed by atoms with Crippen LogP contribution in [0.25, 0.3) is 0 Å². The number of benzene rings is 1. The highest BCUT2D eigenvalue weighted by Crippen LogP contribution is 2.25. The lowest BCUT2D eigenvalue weighted by Crippen LogP contribution is -2.28. The Labute approximate surface area is 117 Å². The lowest BCUT2D eigenvalue weighted by atomic mass is 10.1. The minimum absolute atomic E-state index is 0.442. The van der Waals surface area contributed by atoms with Gasteiger partial charge in [0.25, 0.3) is 0 Å². The Kier molecular flexibility index (Phi) is 4.68. The molecule has 2 N–H and O–H groups in total. The van der Waals surface area contributed by atoms with Crippen molar-refractivity contribution in [2.45, 2.75) is 12.6 Å². The Morgan fingerprint density at radius 3 is 2.65 bits per heavy atom. The van der Waals surface area contributed by atoms with E-state index in [-0.39, 0.29) is 0 Å². The van der Waals surface area contributed by atoms with Crippen molar-refractivity contribution in [2.75, 3.05) is 7.11 Å². The van der Waals surface area contributed by atoms with Crippen LogP contribution in [0.1, 0.15) is 17.2 Å². The molecule has 1 aromatic carbocycles. The minimum Gasteiger partial charge on any atom is -0.496 e. The first-order valence-electron chi connectivity index (χ1n) is 6.20. The van der Waals surface area contributed by atoms with Crippen molar-refractivity contribution in [1.29, 1.82) is 0 Å². The van der Waals surface area contributed by atoms with Gasteiger partial charge in [0, 0.05) is 24.5 Å². The molecule has 2 rings (SSSR count). The molecule has 1 unspecified atom stereocenters. The van der Waals surface area contributed by atoms with Gasteiger partial charge in [-0.3, -0.25) is 15.1 Å². The smallest absolute Gasteiger partial charge is 0.325 e. The molecular formula is C15H16N2O3.